The van der Waals surface area contributed by atoms with Gasteiger partial charge in [-0.25, -0.2) is 0 Å². The Kier molecular flexibility index (Phi) is 4.27. The van der Waals surface area contributed by atoms with Crippen molar-refractivity contribution in [1.29, 1.82) is 0 Å². The van der Waals surface area contributed by atoms with Crippen LogP contribution in [0.3, 0.4) is 0 Å². The minimum Gasteiger partial charge on any atom is -0.385 e. The molecule has 0 amide bonds. The zero-order chi connectivity index (χ0) is 15.2. The highest BCUT2D eigenvalue weighted by atomic mass is 16.5. The number of quaternary nitrogens is 1. The first-order valence-electron chi connectivity index (χ1n) is 8.15. The molecule has 1 unspecified atom stereocenters. The third kappa shape index (κ3) is 4.19. The number of rotatable bonds is 4. The summed E-state index contributed by atoms with van der Waals surface area (Å²) in [4.78, 5) is 1.60. The largest absolute Gasteiger partial charge is 0.385 e. The van der Waals surface area contributed by atoms with Crippen LogP contribution < -0.4 is 4.90 Å². The van der Waals surface area contributed by atoms with Crippen LogP contribution in [0.5, 0.6) is 0 Å². The second-order valence-electron chi connectivity index (χ2n) is 9.37. The smallest absolute Gasteiger partial charge is 0.126 e. The summed E-state index contributed by atoms with van der Waals surface area (Å²) >= 11 is 0. The molecule has 2 fully saturated rings. The fraction of sp³-hybridized carbons (Fsp3) is 1.00. The van der Waals surface area contributed by atoms with E-state index in [9.17, 15) is 5.11 Å². The summed E-state index contributed by atoms with van der Waals surface area (Å²) in [6.45, 7) is 15.9. The van der Waals surface area contributed by atoms with Crippen LogP contribution in [-0.2, 0) is 4.74 Å². The van der Waals surface area contributed by atoms with Crippen LogP contribution in [0.25, 0.3) is 0 Å². The van der Waals surface area contributed by atoms with E-state index in [1.165, 1.54) is 25.8 Å². The van der Waals surface area contributed by atoms with Crippen molar-refractivity contribution >= 4 is 0 Å². The Hall–Kier alpha value is -0.120. The lowest BCUT2D eigenvalue weighted by Crippen LogP contribution is -3.15. The van der Waals surface area contributed by atoms with Crippen molar-refractivity contribution in [2.24, 2.45) is 10.8 Å². The van der Waals surface area contributed by atoms with Crippen LogP contribution in [0.4, 0.5) is 0 Å². The van der Waals surface area contributed by atoms with Gasteiger partial charge in [-0.3, -0.25) is 0 Å². The quantitative estimate of drug-likeness (QED) is 0.823. The number of likely N-dealkylation sites (tertiary alicyclic amines) is 1. The number of aliphatic hydroxyl groups is 1. The molecule has 1 aliphatic carbocycles. The number of hydrogen-bond acceptors (Lipinski definition) is 2. The van der Waals surface area contributed by atoms with E-state index in [1.807, 2.05) is 20.8 Å². The Labute approximate surface area is 124 Å². The van der Waals surface area contributed by atoms with Gasteiger partial charge in [0, 0.05) is 18.3 Å². The molecule has 2 rings (SSSR count). The average molecular weight is 284 g/mol. The maximum Gasteiger partial charge on any atom is 0.126 e. The van der Waals surface area contributed by atoms with Gasteiger partial charge in [0.05, 0.1) is 24.8 Å². The molecule has 2 N–H and O–H groups in total. The summed E-state index contributed by atoms with van der Waals surface area (Å²) in [6.07, 6.45) is 3.62. The van der Waals surface area contributed by atoms with Crippen LogP contribution in [-0.4, -0.2) is 42.5 Å². The van der Waals surface area contributed by atoms with Crippen LogP contribution in [0.2, 0.25) is 0 Å². The molecule has 118 valence electrons. The molecular formula is C17H34NO2+. The number of nitrogens with one attached hydrogen (secondary N) is 1. The standard InChI is InChI=1S/C17H33NO2/c1-15(2,3)20-10-14(19)9-18-12-17(6)8-13(18)7-16(4,5)11-17/h13-14,19H,7-12H2,1-6H3/p+1/t13-,14+,17-/m1/s1. The van der Waals surface area contributed by atoms with Crippen molar-refractivity contribution in [1.82, 2.24) is 0 Å². The third-order valence-corrected chi connectivity index (χ3v) is 4.88. The Balaban J connectivity index is 1.88. The second kappa shape index (κ2) is 5.26. The Morgan fingerprint density at radius 2 is 1.90 bits per heavy atom. The van der Waals surface area contributed by atoms with Gasteiger partial charge in [-0.05, 0) is 32.6 Å². The fourth-order valence-electron chi connectivity index (χ4n) is 4.70. The zero-order valence-electron chi connectivity index (χ0n) is 14.3. The molecule has 20 heavy (non-hydrogen) atoms. The number of fused-ring (bicyclic) bond motifs is 2. The van der Waals surface area contributed by atoms with E-state index >= 15 is 0 Å². The predicted octanol–water partition coefficient (Wildman–Crippen LogP) is 1.65. The second-order valence-corrected chi connectivity index (χ2v) is 9.37. The lowest BCUT2D eigenvalue weighted by molar-refractivity contribution is -0.917. The number of hydrogen-bond donors (Lipinski definition) is 2. The molecule has 1 saturated carbocycles. The Morgan fingerprint density at radius 1 is 1.25 bits per heavy atom. The summed E-state index contributed by atoms with van der Waals surface area (Å²) < 4.78 is 5.72. The van der Waals surface area contributed by atoms with Gasteiger partial charge in [0.1, 0.15) is 12.6 Å². The highest BCUT2D eigenvalue weighted by Gasteiger charge is 2.52. The fourth-order valence-corrected chi connectivity index (χ4v) is 4.70. The minimum atomic E-state index is -0.338. The SMILES string of the molecule is CC1(C)C[C@@H]2C[C@@](C)(C[NH+]2C[C@H](O)COC(C)(C)C)C1. The number of aliphatic hydroxyl groups excluding tert-OH is 1. The molecule has 1 saturated heterocycles. The van der Waals surface area contributed by atoms with E-state index in [4.69, 9.17) is 4.74 Å². The van der Waals surface area contributed by atoms with Crippen LogP contribution >= 0.6 is 0 Å². The van der Waals surface area contributed by atoms with Gasteiger partial charge in [-0.15, -0.1) is 0 Å². The van der Waals surface area contributed by atoms with E-state index in [2.05, 4.69) is 20.8 Å². The monoisotopic (exact) mass is 284 g/mol. The third-order valence-electron chi connectivity index (χ3n) is 4.88. The highest BCUT2D eigenvalue weighted by Crippen LogP contribution is 2.47. The molecule has 0 aromatic carbocycles. The predicted molar refractivity (Wildman–Crippen MR) is 81.9 cm³/mol. The Bertz CT molecular complexity index is 347. The summed E-state index contributed by atoms with van der Waals surface area (Å²) in [5.41, 5.74) is 0.782. The molecule has 0 aromatic rings. The van der Waals surface area contributed by atoms with Crippen LogP contribution in [0.1, 0.15) is 60.8 Å². The first kappa shape index (κ1) is 16.3. The maximum atomic E-state index is 10.3. The summed E-state index contributed by atoms with van der Waals surface area (Å²) in [5, 5.41) is 10.3. The lowest BCUT2D eigenvalue weighted by Gasteiger charge is -2.37. The molecule has 3 heteroatoms. The van der Waals surface area contributed by atoms with E-state index in [-0.39, 0.29) is 11.7 Å². The Morgan fingerprint density at radius 3 is 2.50 bits per heavy atom. The molecule has 0 spiro atoms. The molecule has 1 aliphatic heterocycles. The maximum absolute atomic E-state index is 10.3. The van der Waals surface area contributed by atoms with Crippen molar-refractivity contribution in [3.05, 3.63) is 0 Å². The van der Waals surface area contributed by atoms with E-state index in [0.717, 1.165) is 12.6 Å². The van der Waals surface area contributed by atoms with Gasteiger partial charge in [0.2, 0.25) is 0 Å². The first-order valence-corrected chi connectivity index (χ1v) is 8.15. The summed E-state index contributed by atoms with van der Waals surface area (Å²) in [7, 11) is 0. The van der Waals surface area contributed by atoms with Crippen molar-refractivity contribution < 1.29 is 14.7 Å². The molecular weight excluding hydrogens is 250 g/mol. The topological polar surface area (TPSA) is 33.9 Å². The van der Waals surface area contributed by atoms with Crippen molar-refractivity contribution in [2.75, 3.05) is 19.7 Å². The zero-order valence-corrected chi connectivity index (χ0v) is 14.3. The molecule has 4 atom stereocenters. The molecule has 3 nitrogen and oxygen atoms in total. The first-order chi connectivity index (χ1) is 8.98. The summed E-state index contributed by atoms with van der Waals surface area (Å²) in [6, 6.07) is 0.730. The van der Waals surface area contributed by atoms with Gasteiger partial charge in [0.25, 0.3) is 0 Å². The molecule has 0 radical (unpaired) electrons. The molecule has 0 aromatic heterocycles. The molecule has 1 heterocycles. The molecule has 2 aliphatic rings. The minimum absolute atomic E-state index is 0.162. The molecule has 2 bridgehead atoms. The highest BCUT2D eigenvalue weighted by molar-refractivity contribution is 4.95. The van der Waals surface area contributed by atoms with Crippen molar-refractivity contribution in [3.63, 3.8) is 0 Å². The summed E-state index contributed by atoms with van der Waals surface area (Å²) in [5.74, 6) is 0. The lowest BCUT2D eigenvalue weighted by atomic mass is 9.65. The van der Waals surface area contributed by atoms with Crippen molar-refractivity contribution in [3.8, 4) is 0 Å². The van der Waals surface area contributed by atoms with Gasteiger partial charge in [-0.2, -0.15) is 0 Å². The van der Waals surface area contributed by atoms with Crippen LogP contribution in [0, 0.1) is 10.8 Å². The average Bonchev–Trinajstić information content (AvgIpc) is 2.43. The van der Waals surface area contributed by atoms with E-state index < -0.39 is 0 Å². The van der Waals surface area contributed by atoms with E-state index in [1.54, 1.807) is 4.90 Å². The normalized spacial score (nSPS) is 38.0. The van der Waals surface area contributed by atoms with Gasteiger partial charge >= 0.3 is 0 Å². The van der Waals surface area contributed by atoms with Gasteiger partial charge in [-0.1, -0.05) is 20.8 Å². The van der Waals surface area contributed by atoms with E-state index in [0.29, 0.717) is 17.4 Å². The van der Waals surface area contributed by atoms with Crippen molar-refractivity contribution in [2.45, 2.75) is 78.6 Å². The van der Waals surface area contributed by atoms with Gasteiger partial charge in [0.15, 0.2) is 0 Å². The number of ether oxygens (including phenoxy) is 1. The van der Waals surface area contributed by atoms with Gasteiger partial charge < -0.3 is 14.7 Å². The van der Waals surface area contributed by atoms with Crippen LogP contribution in [0.15, 0.2) is 0 Å².